The molecule has 1 aromatic rings. The van der Waals surface area contributed by atoms with E-state index < -0.39 is 18.6 Å². The lowest BCUT2D eigenvalue weighted by molar-refractivity contribution is -0.115. The highest BCUT2D eigenvalue weighted by Gasteiger charge is 2.26. The Balaban J connectivity index is 2.62. The summed E-state index contributed by atoms with van der Waals surface area (Å²) in [7, 11) is 1.42. The van der Waals surface area contributed by atoms with Crippen LogP contribution in [0.4, 0.5) is 19.0 Å². The van der Waals surface area contributed by atoms with Crippen LogP contribution in [-0.4, -0.2) is 35.9 Å². The molecule has 1 rings (SSSR count). The number of amides is 1. The highest BCUT2D eigenvalue weighted by molar-refractivity contribution is 5.91. The lowest BCUT2D eigenvalue weighted by atomic mass is 10.3. The van der Waals surface area contributed by atoms with Crippen molar-refractivity contribution in [2.75, 3.05) is 18.9 Å². The highest BCUT2D eigenvalue weighted by Crippen LogP contribution is 2.14. The minimum absolute atomic E-state index is 0.0371. The van der Waals surface area contributed by atoms with E-state index in [2.05, 4.69) is 15.5 Å². The minimum atomic E-state index is -4.32. The average Bonchev–Trinajstić information content (AvgIpc) is 2.25. The molecule has 0 aliphatic rings. The fourth-order valence-electron chi connectivity index (χ4n) is 0.867. The monoisotopic (exact) mass is 234 g/mol. The summed E-state index contributed by atoms with van der Waals surface area (Å²) in [5.41, 5.74) is 0.0417. The Morgan fingerprint density at radius 3 is 2.50 bits per heavy atom. The zero-order valence-corrected chi connectivity index (χ0v) is 8.30. The largest absolute Gasteiger partial charge is 0.405 e. The lowest BCUT2D eigenvalue weighted by Crippen LogP contribution is -2.23. The molecular weight excluding hydrogens is 225 g/mol. The third kappa shape index (κ3) is 3.71. The van der Waals surface area contributed by atoms with Gasteiger partial charge < -0.3 is 10.6 Å². The molecule has 1 aromatic heterocycles. The van der Waals surface area contributed by atoms with Crippen molar-refractivity contribution in [1.29, 1.82) is 0 Å². The van der Waals surface area contributed by atoms with E-state index in [1.54, 1.807) is 0 Å². The Kier molecular flexibility index (Phi) is 3.64. The Labute approximate surface area is 89.1 Å². The molecule has 0 aliphatic carbocycles. The van der Waals surface area contributed by atoms with Crippen LogP contribution in [0, 0.1) is 0 Å². The van der Waals surface area contributed by atoms with Crippen molar-refractivity contribution >= 4 is 11.7 Å². The van der Waals surface area contributed by atoms with Crippen molar-refractivity contribution in [2.45, 2.75) is 6.18 Å². The number of hydrogen-bond donors (Lipinski definition) is 2. The number of carbonyl (C=O) groups is 1. The number of nitrogens with one attached hydrogen (secondary N) is 2. The maximum absolute atomic E-state index is 11.8. The van der Waals surface area contributed by atoms with E-state index in [1.165, 1.54) is 19.2 Å². The van der Waals surface area contributed by atoms with Crippen LogP contribution in [0.2, 0.25) is 0 Å². The molecule has 0 unspecified atom stereocenters. The summed E-state index contributed by atoms with van der Waals surface area (Å²) >= 11 is 0. The van der Waals surface area contributed by atoms with Gasteiger partial charge in [-0.2, -0.15) is 13.2 Å². The summed E-state index contributed by atoms with van der Waals surface area (Å²) in [5, 5.41) is 11.2. The molecule has 1 amide bonds. The van der Waals surface area contributed by atoms with Gasteiger partial charge in [0.25, 0.3) is 5.91 Å². The molecule has 0 bridgehead atoms. The molecule has 0 fully saturated rings. The third-order valence-electron chi connectivity index (χ3n) is 1.59. The standard InChI is InChI=1S/C8H9F3N4O/c1-12-7(16)5-2-3-6(15-14-5)13-4-8(9,10)11/h2-3H,4H2,1H3,(H,12,16)(H,13,15). The van der Waals surface area contributed by atoms with Crippen LogP contribution >= 0.6 is 0 Å². The Morgan fingerprint density at radius 2 is 2.06 bits per heavy atom. The van der Waals surface area contributed by atoms with Crippen molar-refractivity contribution in [3.63, 3.8) is 0 Å². The van der Waals surface area contributed by atoms with Crippen LogP contribution < -0.4 is 10.6 Å². The van der Waals surface area contributed by atoms with Gasteiger partial charge in [-0.15, -0.1) is 10.2 Å². The summed E-state index contributed by atoms with van der Waals surface area (Å²) in [6, 6.07) is 2.54. The summed E-state index contributed by atoms with van der Waals surface area (Å²) in [5.74, 6) is -0.486. The van der Waals surface area contributed by atoms with E-state index in [9.17, 15) is 18.0 Å². The average molecular weight is 234 g/mol. The first-order chi connectivity index (χ1) is 7.42. The van der Waals surface area contributed by atoms with Crippen molar-refractivity contribution in [3.8, 4) is 0 Å². The molecule has 8 heteroatoms. The Morgan fingerprint density at radius 1 is 1.38 bits per heavy atom. The van der Waals surface area contributed by atoms with Crippen LogP contribution in [0.3, 0.4) is 0 Å². The zero-order valence-electron chi connectivity index (χ0n) is 8.30. The van der Waals surface area contributed by atoms with Gasteiger partial charge >= 0.3 is 6.18 Å². The van der Waals surface area contributed by atoms with Gasteiger partial charge in [-0.3, -0.25) is 4.79 Å². The first-order valence-corrected chi connectivity index (χ1v) is 4.29. The van der Waals surface area contributed by atoms with E-state index in [0.717, 1.165) is 0 Å². The first kappa shape index (κ1) is 12.2. The molecule has 5 nitrogen and oxygen atoms in total. The number of hydrogen-bond acceptors (Lipinski definition) is 4. The number of rotatable bonds is 3. The normalized spacial score (nSPS) is 11.0. The molecule has 0 radical (unpaired) electrons. The Hall–Kier alpha value is -1.86. The summed E-state index contributed by atoms with van der Waals surface area (Å²) < 4.78 is 35.5. The fraction of sp³-hybridized carbons (Fsp3) is 0.375. The number of anilines is 1. The van der Waals surface area contributed by atoms with E-state index in [4.69, 9.17) is 0 Å². The molecule has 1 heterocycles. The molecule has 0 saturated heterocycles. The maximum Gasteiger partial charge on any atom is 0.405 e. The van der Waals surface area contributed by atoms with E-state index in [1.807, 2.05) is 5.32 Å². The fourth-order valence-corrected chi connectivity index (χ4v) is 0.867. The topological polar surface area (TPSA) is 66.9 Å². The van der Waals surface area contributed by atoms with Gasteiger partial charge in [0.2, 0.25) is 0 Å². The van der Waals surface area contributed by atoms with Crippen molar-refractivity contribution in [1.82, 2.24) is 15.5 Å². The van der Waals surface area contributed by atoms with E-state index >= 15 is 0 Å². The minimum Gasteiger partial charge on any atom is -0.360 e. The molecule has 2 N–H and O–H groups in total. The molecule has 88 valence electrons. The van der Waals surface area contributed by atoms with E-state index in [0.29, 0.717) is 0 Å². The predicted octanol–water partition coefficient (Wildman–Crippen LogP) is 0.810. The molecule has 0 aliphatic heterocycles. The molecule has 0 spiro atoms. The van der Waals surface area contributed by atoms with Gasteiger partial charge in [0.05, 0.1) is 0 Å². The van der Waals surface area contributed by atoms with Crippen LogP contribution in [0.1, 0.15) is 10.5 Å². The lowest BCUT2D eigenvalue weighted by Gasteiger charge is -2.08. The molecule has 0 atom stereocenters. The third-order valence-corrected chi connectivity index (χ3v) is 1.59. The second kappa shape index (κ2) is 4.77. The molecule has 0 aromatic carbocycles. The van der Waals surface area contributed by atoms with Gasteiger partial charge in [0.15, 0.2) is 5.69 Å². The second-order valence-corrected chi connectivity index (χ2v) is 2.85. The zero-order chi connectivity index (χ0) is 12.2. The molecular formula is C8H9F3N4O. The van der Waals surface area contributed by atoms with Crippen molar-refractivity contribution in [3.05, 3.63) is 17.8 Å². The smallest absolute Gasteiger partial charge is 0.360 e. The van der Waals surface area contributed by atoms with Crippen LogP contribution in [0.15, 0.2) is 12.1 Å². The first-order valence-electron chi connectivity index (χ1n) is 4.29. The summed E-state index contributed by atoms with van der Waals surface area (Å²) in [6.45, 7) is -1.19. The van der Waals surface area contributed by atoms with Gasteiger partial charge in [-0.1, -0.05) is 0 Å². The SMILES string of the molecule is CNC(=O)c1ccc(NCC(F)(F)F)nn1. The van der Waals surface area contributed by atoms with Gasteiger partial charge in [0, 0.05) is 7.05 Å². The van der Waals surface area contributed by atoms with Crippen molar-refractivity contribution in [2.24, 2.45) is 0 Å². The number of aromatic nitrogens is 2. The highest BCUT2D eigenvalue weighted by atomic mass is 19.4. The van der Waals surface area contributed by atoms with Gasteiger partial charge in [-0.25, -0.2) is 0 Å². The number of halogens is 3. The number of nitrogens with zero attached hydrogens (tertiary/aromatic N) is 2. The van der Waals surface area contributed by atoms with Crippen molar-refractivity contribution < 1.29 is 18.0 Å². The van der Waals surface area contributed by atoms with Gasteiger partial charge in [0.1, 0.15) is 12.4 Å². The quantitative estimate of drug-likeness (QED) is 0.812. The second-order valence-electron chi connectivity index (χ2n) is 2.85. The number of alkyl halides is 3. The molecule has 0 saturated carbocycles. The van der Waals surface area contributed by atoms with Gasteiger partial charge in [-0.05, 0) is 12.1 Å². The van der Waals surface area contributed by atoms with Crippen LogP contribution in [0.5, 0.6) is 0 Å². The molecule has 16 heavy (non-hydrogen) atoms. The predicted molar refractivity (Wildman–Crippen MR) is 50.0 cm³/mol. The van der Waals surface area contributed by atoms with Crippen LogP contribution in [0.25, 0.3) is 0 Å². The summed E-state index contributed by atoms with van der Waals surface area (Å²) in [6.07, 6.45) is -4.32. The number of carbonyl (C=O) groups excluding carboxylic acids is 1. The Bertz CT molecular complexity index is 363. The van der Waals surface area contributed by atoms with Crippen LogP contribution in [-0.2, 0) is 0 Å². The maximum atomic E-state index is 11.8. The summed E-state index contributed by atoms with van der Waals surface area (Å²) in [4.78, 5) is 11.0. The van der Waals surface area contributed by atoms with E-state index in [-0.39, 0.29) is 11.5 Å².